The number of aliphatic hydroxyl groups excluding tert-OH is 1. The van der Waals surface area contributed by atoms with Gasteiger partial charge in [0.2, 0.25) is 0 Å². The second-order valence-electron chi connectivity index (χ2n) is 2.97. The van der Waals surface area contributed by atoms with Crippen LogP contribution in [-0.2, 0) is 0 Å². The van der Waals surface area contributed by atoms with E-state index in [1.54, 1.807) is 6.92 Å². The van der Waals surface area contributed by atoms with Gasteiger partial charge < -0.3 is 10.4 Å². The van der Waals surface area contributed by atoms with Crippen molar-refractivity contribution in [2.45, 2.75) is 19.4 Å². The van der Waals surface area contributed by atoms with E-state index >= 15 is 0 Å². The van der Waals surface area contributed by atoms with Gasteiger partial charge >= 0.3 is 0 Å². The number of thiocarbonyl (C=S) groups is 1. The topological polar surface area (TPSA) is 32.3 Å². The Morgan fingerprint density at radius 2 is 2.08 bits per heavy atom. The Bertz CT molecular complexity index is 272. The van der Waals surface area contributed by atoms with Gasteiger partial charge in [0, 0.05) is 12.1 Å². The van der Waals surface area contributed by atoms with Crippen LogP contribution in [0.2, 0.25) is 0 Å². The minimum absolute atomic E-state index is 0.385. The zero-order valence-electron chi connectivity index (χ0n) is 7.53. The molecule has 0 saturated carbocycles. The van der Waals surface area contributed by atoms with E-state index < -0.39 is 0 Å². The molecule has 1 aromatic rings. The third-order valence-corrected chi connectivity index (χ3v) is 1.81. The Kier molecular flexibility index (Phi) is 3.86. The average molecular weight is 195 g/mol. The number of hydrogen-bond donors (Lipinski definition) is 2. The summed E-state index contributed by atoms with van der Waals surface area (Å²) in [6.07, 6.45) is 0.119. The highest BCUT2D eigenvalue weighted by Gasteiger charge is 2.01. The number of hydrogen-bond acceptors (Lipinski definition) is 2. The summed E-state index contributed by atoms with van der Waals surface area (Å²) in [7, 11) is 0. The largest absolute Gasteiger partial charge is 0.393 e. The van der Waals surface area contributed by atoms with E-state index in [0.29, 0.717) is 11.4 Å². The van der Waals surface area contributed by atoms with Crippen LogP contribution in [0.4, 0.5) is 5.69 Å². The summed E-state index contributed by atoms with van der Waals surface area (Å²) in [6, 6.07) is 9.70. The number of anilines is 1. The van der Waals surface area contributed by atoms with E-state index in [2.05, 4.69) is 5.32 Å². The van der Waals surface area contributed by atoms with Gasteiger partial charge in [-0.1, -0.05) is 30.4 Å². The summed E-state index contributed by atoms with van der Waals surface area (Å²) >= 11 is 5.04. The van der Waals surface area contributed by atoms with Crippen molar-refractivity contribution >= 4 is 22.9 Å². The van der Waals surface area contributed by atoms with Crippen LogP contribution in [0.25, 0.3) is 0 Å². The Labute approximate surface area is 83.6 Å². The SMILES string of the molecule is CC(O)CC(=S)Nc1ccccc1. The first kappa shape index (κ1) is 10.2. The molecule has 0 amide bonds. The van der Waals surface area contributed by atoms with Gasteiger partial charge in [-0.3, -0.25) is 0 Å². The van der Waals surface area contributed by atoms with Crippen LogP contribution in [0, 0.1) is 0 Å². The molecule has 0 radical (unpaired) electrons. The van der Waals surface area contributed by atoms with Gasteiger partial charge in [-0.2, -0.15) is 0 Å². The molecule has 70 valence electrons. The van der Waals surface area contributed by atoms with Gasteiger partial charge in [-0.25, -0.2) is 0 Å². The summed E-state index contributed by atoms with van der Waals surface area (Å²) in [5.41, 5.74) is 0.966. The van der Waals surface area contributed by atoms with Crippen molar-refractivity contribution in [2.75, 3.05) is 5.32 Å². The van der Waals surface area contributed by atoms with E-state index in [9.17, 15) is 0 Å². The predicted octanol–water partition coefficient (Wildman–Crippen LogP) is 2.20. The first-order valence-corrected chi connectivity index (χ1v) is 4.62. The quantitative estimate of drug-likeness (QED) is 0.725. The number of nitrogens with one attached hydrogen (secondary N) is 1. The molecule has 1 aromatic carbocycles. The molecule has 1 unspecified atom stereocenters. The zero-order chi connectivity index (χ0) is 9.68. The highest BCUT2D eigenvalue weighted by Crippen LogP contribution is 2.06. The summed E-state index contributed by atoms with van der Waals surface area (Å²) in [5, 5.41) is 12.1. The van der Waals surface area contributed by atoms with E-state index in [-0.39, 0.29) is 6.10 Å². The van der Waals surface area contributed by atoms with Crippen LogP contribution >= 0.6 is 12.2 Å². The molecule has 0 fully saturated rings. The summed E-state index contributed by atoms with van der Waals surface area (Å²) in [5.74, 6) is 0. The standard InChI is InChI=1S/C10H13NOS/c1-8(12)7-10(13)11-9-5-3-2-4-6-9/h2-6,8,12H,7H2,1H3,(H,11,13). The molecule has 3 heteroatoms. The average Bonchev–Trinajstić information content (AvgIpc) is 2.04. The fraction of sp³-hybridized carbons (Fsp3) is 0.300. The number of rotatable bonds is 3. The minimum atomic E-state index is -0.385. The fourth-order valence-corrected chi connectivity index (χ4v) is 1.36. The maximum atomic E-state index is 9.07. The molecule has 0 saturated heterocycles. The molecule has 13 heavy (non-hydrogen) atoms. The Balaban J connectivity index is 2.46. The maximum Gasteiger partial charge on any atom is 0.0823 e. The van der Waals surface area contributed by atoms with E-state index in [4.69, 9.17) is 17.3 Å². The second kappa shape index (κ2) is 4.94. The molecular weight excluding hydrogens is 182 g/mol. The molecule has 0 aliphatic rings. The van der Waals surface area contributed by atoms with Gasteiger partial charge in [0.15, 0.2) is 0 Å². The van der Waals surface area contributed by atoms with Crippen molar-refractivity contribution in [1.82, 2.24) is 0 Å². The number of benzene rings is 1. The Morgan fingerprint density at radius 1 is 1.46 bits per heavy atom. The lowest BCUT2D eigenvalue weighted by Crippen LogP contribution is -2.15. The van der Waals surface area contributed by atoms with Crippen molar-refractivity contribution in [1.29, 1.82) is 0 Å². The van der Waals surface area contributed by atoms with Gasteiger partial charge in [-0.15, -0.1) is 0 Å². The zero-order valence-corrected chi connectivity index (χ0v) is 8.34. The molecule has 0 bridgehead atoms. The second-order valence-corrected chi connectivity index (χ2v) is 3.46. The van der Waals surface area contributed by atoms with Crippen molar-refractivity contribution < 1.29 is 5.11 Å². The van der Waals surface area contributed by atoms with Gasteiger partial charge in [0.25, 0.3) is 0 Å². The predicted molar refractivity (Wildman–Crippen MR) is 59.0 cm³/mol. The molecule has 0 aromatic heterocycles. The highest BCUT2D eigenvalue weighted by atomic mass is 32.1. The molecule has 0 spiro atoms. The van der Waals surface area contributed by atoms with Crippen LogP contribution in [0.15, 0.2) is 30.3 Å². The van der Waals surface area contributed by atoms with Crippen molar-refractivity contribution in [3.05, 3.63) is 30.3 Å². The van der Waals surface area contributed by atoms with E-state index in [0.717, 1.165) is 5.69 Å². The van der Waals surface area contributed by atoms with Crippen molar-refractivity contribution in [3.63, 3.8) is 0 Å². The van der Waals surface area contributed by atoms with Crippen molar-refractivity contribution in [3.8, 4) is 0 Å². The molecule has 0 aliphatic carbocycles. The van der Waals surface area contributed by atoms with E-state index in [1.807, 2.05) is 30.3 Å². The molecule has 1 atom stereocenters. The summed E-state index contributed by atoms with van der Waals surface area (Å²) in [6.45, 7) is 1.72. The molecule has 2 N–H and O–H groups in total. The Hall–Kier alpha value is -0.930. The molecule has 0 aliphatic heterocycles. The van der Waals surface area contributed by atoms with Crippen molar-refractivity contribution in [2.24, 2.45) is 0 Å². The normalized spacial score (nSPS) is 12.2. The summed E-state index contributed by atoms with van der Waals surface area (Å²) in [4.78, 5) is 0.668. The summed E-state index contributed by atoms with van der Waals surface area (Å²) < 4.78 is 0. The monoisotopic (exact) mass is 195 g/mol. The van der Waals surface area contributed by atoms with Crippen LogP contribution in [0.5, 0.6) is 0 Å². The van der Waals surface area contributed by atoms with E-state index in [1.165, 1.54) is 0 Å². The first-order valence-electron chi connectivity index (χ1n) is 4.21. The molecule has 2 nitrogen and oxygen atoms in total. The van der Waals surface area contributed by atoms with Crippen LogP contribution in [-0.4, -0.2) is 16.2 Å². The number of para-hydroxylation sites is 1. The smallest absolute Gasteiger partial charge is 0.0823 e. The first-order chi connectivity index (χ1) is 6.18. The van der Waals surface area contributed by atoms with Crippen LogP contribution < -0.4 is 5.32 Å². The van der Waals surface area contributed by atoms with Gasteiger partial charge in [0.05, 0.1) is 11.1 Å². The Morgan fingerprint density at radius 3 is 2.62 bits per heavy atom. The fourth-order valence-electron chi connectivity index (χ4n) is 1.00. The van der Waals surface area contributed by atoms with Crippen LogP contribution in [0.3, 0.4) is 0 Å². The molecular formula is C10H13NOS. The number of aliphatic hydroxyl groups is 1. The van der Waals surface area contributed by atoms with Gasteiger partial charge in [0.1, 0.15) is 0 Å². The molecule has 0 heterocycles. The lowest BCUT2D eigenvalue weighted by Gasteiger charge is -2.08. The van der Waals surface area contributed by atoms with Crippen LogP contribution in [0.1, 0.15) is 13.3 Å². The molecule has 1 rings (SSSR count). The minimum Gasteiger partial charge on any atom is -0.393 e. The van der Waals surface area contributed by atoms with Gasteiger partial charge in [-0.05, 0) is 19.1 Å². The third kappa shape index (κ3) is 4.01. The third-order valence-electron chi connectivity index (χ3n) is 1.54. The lowest BCUT2D eigenvalue weighted by atomic mass is 10.2. The highest BCUT2D eigenvalue weighted by molar-refractivity contribution is 7.80. The lowest BCUT2D eigenvalue weighted by molar-refractivity contribution is 0.204. The maximum absolute atomic E-state index is 9.07.